The molecule has 0 saturated heterocycles. The zero-order chi connectivity index (χ0) is 33.7. The van der Waals surface area contributed by atoms with Gasteiger partial charge in [-0.1, -0.05) is 182 Å². The first-order valence-corrected chi connectivity index (χ1v) is 15.7. The van der Waals surface area contributed by atoms with Crippen molar-refractivity contribution in [3.8, 4) is 0 Å². The summed E-state index contributed by atoms with van der Waals surface area (Å²) in [6, 6.07) is 59.7. The molecule has 240 valence electrons. The number of rotatable bonds is 12. The van der Waals surface area contributed by atoms with Crippen LogP contribution >= 0.6 is 0 Å². The average molecular weight is 635 g/mol. The van der Waals surface area contributed by atoms with Gasteiger partial charge in [-0.25, -0.2) is 0 Å². The molecule has 6 rings (SSSR count). The molecule has 0 amide bonds. The predicted octanol–water partition coefficient (Wildman–Crippen LogP) is 7.31. The number of carboxylic acid groups (broad SMARTS) is 2. The summed E-state index contributed by atoms with van der Waals surface area (Å²) in [6.45, 7) is -0.280. The first-order valence-electron chi connectivity index (χ1n) is 15.7. The molecule has 0 unspecified atom stereocenters. The second-order valence-electron chi connectivity index (χ2n) is 11.2. The number of carbonyl (C=O) groups is 2. The van der Waals surface area contributed by atoms with Gasteiger partial charge < -0.3 is 10.2 Å². The maximum absolute atomic E-state index is 11.3. The molecule has 0 aliphatic rings. The Morgan fingerprint density at radius 3 is 0.667 bits per heavy atom. The number of hydrogen-bond donors (Lipinski definition) is 4. The van der Waals surface area contributed by atoms with E-state index in [0.717, 1.165) is 33.4 Å². The molecular weight excluding hydrogens is 596 g/mol. The van der Waals surface area contributed by atoms with Gasteiger partial charge in [0.25, 0.3) is 0 Å². The highest BCUT2D eigenvalue weighted by Gasteiger charge is 2.37. The van der Waals surface area contributed by atoms with Crippen LogP contribution in [0.2, 0.25) is 0 Å². The van der Waals surface area contributed by atoms with E-state index in [1.807, 2.05) is 182 Å². The lowest BCUT2D eigenvalue weighted by atomic mass is 9.77. The Kier molecular flexibility index (Phi) is 11.3. The fourth-order valence-electron chi connectivity index (χ4n) is 6.16. The highest BCUT2D eigenvalue weighted by Crippen LogP contribution is 2.37. The molecule has 6 heteroatoms. The second kappa shape index (κ2) is 16.1. The van der Waals surface area contributed by atoms with E-state index in [9.17, 15) is 19.8 Å². The minimum atomic E-state index is -0.887. The largest absolute Gasteiger partial charge is 0.480 e. The molecule has 6 aromatic carbocycles. The van der Waals surface area contributed by atoms with Gasteiger partial charge in [-0.2, -0.15) is 0 Å². The first kappa shape index (κ1) is 33.5. The number of carboxylic acids is 2. The van der Waals surface area contributed by atoms with E-state index >= 15 is 0 Å². The summed E-state index contributed by atoms with van der Waals surface area (Å²) in [7, 11) is 0. The highest BCUT2D eigenvalue weighted by molar-refractivity contribution is 5.70. The lowest BCUT2D eigenvalue weighted by Gasteiger charge is -2.36. The molecule has 0 saturated carbocycles. The summed E-state index contributed by atoms with van der Waals surface area (Å²) in [5, 5.41) is 25.1. The van der Waals surface area contributed by atoms with Gasteiger partial charge >= 0.3 is 11.9 Å². The van der Waals surface area contributed by atoms with Gasteiger partial charge in [-0.15, -0.1) is 0 Å². The van der Waals surface area contributed by atoms with Crippen molar-refractivity contribution in [2.45, 2.75) is 11.1 Å². The lowest BCUT2D eigenvalue weighted by Crippen LogP contribution is -2.46. The van der Waals surface area contributed by atoms with Crippen molar-refractivity contribution in [3.05, 3.63) is 215 Å². The SMILES string of the molecule is O=C(O)CNC(c1ccccc1)(c1ccccc1)c1ccccc1.O=C(O)CNC(c1ccccc1)(c1ccccc1)c1ccccc1. The third kappa shape index (κ3) is 7.58. The summed E-state index contributed by atoms with van der Waals surface area (Å²) < 4.78 is 0. The number of nitrogens with one attached hydrogen (secondary N) is 2. The van der Waals surface area contributed by atoms with Gasteiger partial charge in [-0.3, -0.25) is 20.2 Å². The van der Waals surface area contributed by atoms with Gasteiger partial charge in [-0.05, 0) is 33.4 Å². The van der Waals surface area contributed by atoms with Crippen LogP contribution in [-0.2, 0) is 20.7 Å². The quantitative estimate of drug-likeness (QED) is 0.106. The molecular formula is C42H38N2O4. The molecule has 0 aromatic heterocycles. The third-order valence-electron chi connectivity index (χ3n) is 8.25. The van der Waals surface area contributed by atoms with Crippen molar-refractivity contribution in [2.24, 2.45) is 0 Å². The third-order valence-corrected chi connectivity index (χ3v) is 8.25. The molecule has 6 aromatic rings. The van der Waals surface area contributed by atoms with E-state index < -0.39 is 23.0 Å². The van der Waals surface area contributed by atoms with Crippen molar-refractivity contribution >= 4 is 11.9 Å². The lowest BCUT2D eigenvalue weighted by molar-refractivity contribution is -0.137. The molecule has 6 nitrogen and oxygen atoms in total. The number of hydrogen-bond acceptors (Lipinski definition) is 4. The van der Waals surface area contributed by atoms with Crippen LogP contribution < -0.4 is 10.6 Å². The van der Waals surface area contributed by atoms with Crippen LogP contribution in [0, 0.1) is 0 Å². The van der Waals surface area contributed by atoms with E-state index in [2.05, 4.69) is 10.6 Å². The molecule has 0 fully saturated rings. The van der Waals surface area contributed by atoms with Crippen LogP contribution in [0.3, 0.4) is 0 Å². The molecule has 4 N–H and O–H groups in total. The Morgan fingerprint density at radius 2 is 0.521 bits per heavy atom. The van der Waals surface area contributed by atoms with Crippen LogP contribution in [0.15, 0.2) is 182 Å². The maximum Gasteiger partial charge on any atom is 0.317 e. The summed E-state index contributed by atoms with van der Waals surface area (Å²) in [6.07, 6.45) is 0. The van der Waals surface area contributed by atoms with E-state index in [4.69, 9.17) is 0 Å². The molecule has 0 spiro atoms. The van der Waals surface area contributed by atoms with Crippen LogP contribution in [-0.4, -0.2) is 35.2 Å². The molecule has 48 heavy (non-hydrogen) atoms. The van der Waals surface area contributed by atoms with Crippen molar-refractivity contribution in [1.29, 1.82) is 0 Å². The zero-order valence-corrected chi connectivity index (χ0v) is 26.4. The smallest absolute Gasteiger partial charge is 0.317 e. The van der Waals surface area contributed by atoms with Crippen LogP contribution in [0.25, 0.3) is 0 Å². The molecule has 0 aliphatic carbocycles. The fraction of sp³-hybridized carbons (Fsp3) is 0.0952. The van der Waals surface area contributed by atoms with Crippen LogP contribution in [0.5, 0.6) is 0 Å². The Morgan fingerprint density at radius 1 is 0.354 bits per heavy atom. The number of aliphatic carboxylic acids is 2. The Bertz CT molecular complexity index is 1520. The second-order valence-corrected chi connectivity index (χ2v) is 11.2. The van der Waals surface area contributed by atoms with Gasteiger partial charge in [0.05, 0.1) is 24.2 Å². The molecule has 0 radical (unpaired) electrons. The maximum atomic E-state index is 11.3. The standard InChI is InChI=1S/2C21H19NO2/c2*23-20(24)16-22-21(17-10-4-1-5-11-17,18-12-6-2-7-13-18)19-14-8-3-9-15-19/h2*1-15,22H,16H2,(H,23,24). The van der Waals surface area contributed by atoms with Gasteiger partial charge in [0, 0.05) is 0 Å². The molecule has 0 atom stereocenters. The zero-order valence-electron chi connectivity index (χ0n) is 26.4. The van der Waals surface area contributed by atoms with Crippen LogP contribution in [0.4, 0.5) is 0 Å². The van der Waals surface area contributed by atoms with Crippen molar-refractivity contribution in [1.82, 2.24) is 10.6 Å². The summed E-state index contributed by atoms with van der Waals surface area (Å²) in [4.78, 5) is 22.6. The first-order chi connectivity index (χ1) is 23.5. The van der Waals surface area contributed by atoms with Gasteiger partial charge in [0.1, 0.15) is 0 Å². The van der Waals surface area contributed by atoms with Crippen LogP contribution in [0.1, 0.15) is 33.4 Å². The topological polar surface area (TPSA) is 98.7 Å². The van der Waals surface area contributed by atoms with Crippen molar-refractivity contribution in [2.75, 3.05) is 13.1 Å². The van der Waals surface area contributed by atoms with E-state index in [1.165, 1.54) is 0 Å². The van der Waals surface area contributed by atoms with Gasteiger partial charge in [0.2, 0.25) is 0 Å². The Labute approximate surface area is 281 Å². The normalized spacial score (nSPS) is 11.2. The highest BCUT2D eigenvalue weighted by atomic mass is 16.4. The minimum absolute atomic E-state index is 0.140. The monoisotopic (exact) mass is 634 g/mol. The Hall–Kier alpha value is -5.82. The van der Waals surface area contributed by atoms with Gasteiger partial charge in [0.15, 0.2) is 0 Å². The van der Waals surface area contributed by atoms with E-state index in [1.54, 1.807) is 0 Å². The predicted molar refractivity (Wildman–Crippen MR) is 190 cm³/mol. The van der Waals surface area contributed by atoms with Crippen molar-refractivity contribution in [3.63, 3.8) is 0 Å². The molecule has 0 bridgehead atoms. The van der Waals surface area contributed by atoms with E-state index in [-0.39, 0.29) is 13.1 Å². The average Bonchev–Trinajstić information content (AvgIpc) is 3.15. The van der Waals surface area contributed by atoms with E-state index in [0.29, 0.717) is 0 Å². The fourth-order valence-corrected chi connectivity index (χ4v) is 6.16. The molecule has 0 aliphatic heterocycles. The summed E-state index contributed by atoms with van der Waals surface area (Å²) >= 11 is 0. The number of benzene rings is 6. The Balaban J connectivity index is 0.000000188. The minimum Gasteiger partial charge on any atom is -0.480 e. The molecule has 0 heterocycles. The summed E-state index contributed by atoms with van der Waals surface area (Å²) in [5.74, 6) is -1.77. The summed E-state index contributed by atoms with van der Waals surface area (Å²) in [5.41, 5.74) is 4.58. The van der Waals surface area contributed by atoms with Crippen molar-refractivity contribution < 1.29 is 19.8 Å².